The third-order valence-corrected chi connectivity index (χ3v) is 7.66. The van der Waals surface area contributed by atoms with Crippen LogP contribution in [0, 0.1) is 19.8 Å². The van der Waals surface area contributed by atoms with Crippen molar-refractivity contribution < 1.29 is 9.53 Å². The van der Waals surface area contributed by atoms with Crippen LogP contribution in [0.5, 0.6) is 5.75 Å². The SMILES string of the molecule is Cc1ccccc1C(C)N1CCc2nn(-c3c(C)cccc3OCC(C)C)c(-c3ccc(NC(N)=O)cc3)c2C1. The molecule has 1 aliphatic heterocycles. The molecule has 3 N–H and O–H groups in total. The molecule has 0 saturated heterocycles. The van der Waals surface area contributed by atoms with Gasteiger partial charge in [0, 0.05) is 42.4 Å². The van der Waals surface area contributed by atoms with Gasteiger partial charge in [0.2, 0.25) is 0 Å². The van der Waals surface area contributed by atoms with Gasteiger partial charge in [-0.05, 0) is 61.6 Å². The molecule has 0 radical (unpaired) electrons. The summed E-state index contributed by atoms with van der Waals surface area (Å²) in [6, 6.07) is 22.3. The molecule has 7 heteroatoms. The van der Waals surface area contributed by atoms with E-state index in [9.17, 15) is 4.79 Å². The van der Waals surface area contributed by atoms with Gasteiger partial charge in [-0.1, -0.05) is 62.4 Å². The van der Waals surface area contributed by atoms with Crippen LogP contribution in [0.25, 0.3) is 16.9 Å². The summed E-state index contributed by atoms with van der Waals surface area (Å²) >= 11 is 0. The smallest absolute Gasteiger partial charge is 0.316 e. The van der Waals surface area contributed by atoms with E-state index in [-0.39, 0.29) is 6.04 Å². The summed E-state index contributed by atoms with van der Waals surface area (Å²) in [5.74, 6) is 1.23. The average molecular weight is 538 g/mol. The predicted octanol–water partition coefficient (Wildman–Crippen LogP) is 6.80. The number of para-hydroxylation sites is 1. The van der Waals surface area contributed by atoms with E-state index >= 15 is 0 Å². The minimum absolute atomic E-state index is 0.274. The monoisotopic (exact) mass is 537 g/mol. The van der Waals surface area contributed by atoms with Crippen LogP contribution in [0.2, 0.25) is 0 Å². The van der Waals surface area contributed by atoms with Crippen LogP contribution >= 0.6 is 0 Å². The largest absolute Gasteiger partial charge is 0.491 e. The molecule has 0 fully saturated rings. The minimum atomic E-state index is -0.581. The number of nitrogens with zero attached hydrogens (tertiary/aromatic N) is 3. The van der Waals surface area contributed by atoms with E-state index in [4.69, 9.17) is 15.6 Å². The normalized spacial score (nSPS) is 14.2. The number of ether oxygens (including phenoxy) is 1. The van der Waals surface area contributed by atoms with Gasteiger partial charge in [-0.3, -0.25) is 4.90 Å². The maximum atomic E-state index is 11.4. The van der Waals surface area contributed by atoms with Crippen molar-refractivity contribution in [3.05, 3.63) is 94.7 Å². The molecule has 7 nitrogen and oxygen atoms in total. The molecule has 5 rings (SSSR count). The van der Waals surface area contributed by atoms with Crippen molar-refractivity contribution in [3.8, 4) is 22.7 Å². The van der Waals surface area contributed by atoms with Gasteiger partial charge in [0.05, 0.1) is 18.0 Å². The summed E-state index contributed by atoms with van der Waals surface area (Å²) < 4.78 is 8.39. The Morgan fingerprint density at radius 1 is 1.00 bits per heavy atom. The number of hydrogen-bond donors (Lipinski definition) is 2. The fourth-order valence-corrected chi connectivity index (χ4v) is 5.57. The first-order valence-electron chi connectivity index (χ1n) is 14.0. The maximum Gasteiger partial charge on any atom is 0.316 e. The number of nitrogens with one attached hydrogen (secondary N) is 1. The summed E-state index contributed by atoms with van der Waals surface area (Å²) in [5.41, 5.74) is 15.1. The third-order valence-electron chi connectivity index (χ3n) is 7.66. The first-order chi connectivity index (χ1) is 19.2. The topological polar surface area (TPSA) is 85.4 Å². The molecule has 0 aliphatic carbocycles. The van der Waals surface area contributed by atoms with Crippen LogP contribution in [0.4, 0.5) is 10.5 Å². The predicted molar refractivity (Wildman–Crippen MR) is 161 cm³/mol. The van der Waals surface area contributed by atoms with Crippen LogP contribution in [0.3, 0.4) is 0 Å². The Kier molecular flexibility index (Phi) is 7.94. The van der Waals surface area contributed by atoms with E-state index in [0.29, 0.717) is 18.2 Å². The molecule has 2 amide bonds. The molecule has 0 bridgehead atoms. The van der Waals surface area contributed by atoms with E-state index in [1.165, 1.54) is 16.7 Å². The Labute approximate surface area is 237 Å². The van der Waals surface area contributed by atoms with Crippen LogP contribution in [-0.4, -0.2) is 33.9 Å². The zero-order chi connectivity index (χ0) is 28.4. The lowest BCUT2D eigenvalue weighted by Gasteiger charge is -2.33. The first kappa shape index (κ1) is 27.5. The number of carbonyl (C=O) groups excluding carboxylic acids is 1. The number of anilines is 1. The number of primary amides is 1. The Morgan fingerprint density at radius 3 is 2.42 bits per heavy atom. The Hall–Kier alpha value is -4.10. The molecular formula is C33H39N5O2. The third kappa shape index (κ3) is 5.61. The second-order valence-electron chi connectivity index (χ2n) is 11.1. The van der Waals surface area contributed by atoms with Gasteiger partial charge in [0.25, 0.3) is 0 Å². The van der Waals surface area contributed by atoms with Gasteiger partial charge < -0.3 is 15.8 Å². The van der Waals surface area contributed by atoms with Gasteiger partial charge in [-0.15, -0.1) is 0 Å². The molecule has 0 spiro atoms. The fourth-order valence-electron chi connectivity index (χ4n) is 5.57. The maximum absolute atomic E-state index is 11.4. The number of hydrogen-bond acceptors (Lipinski definition) is 4. The highest BCUT2D eigenvalue weighted by Gasteiger charge is 2.30. The highest BCUT2D eigenvalue weighted by molar-refractivity contribution is 5.88. The average Bonchev–Trinajstić information content (AvgIpc) is 3.30. The van der Waals surface area contributed by atoms with Crippen LogP contribution in [0.15, 0.2) is 66.7 Å². The molecule has 2 heterocycles. The molecular weight excluding hydrogens is 498 g/mol. The zero-order valence-electron chi connectivity index (χ0n) is 24.1. The Morgan fingerprint density at radius 2 is 1.73 bits per heavy atom. The Bertz CT molecular complexity index is 1510. The summed E-state index contributed by atoms with van der Waals surface area (Å²) in [6.45, 7) is 13.2. The summed E-state index contributed by atoms with van der Waals surface area (Å²) in [4.78, 5) is 14.0. The zero-order valence-corrected chi connectivity index (χ0v) is 24.1. The van der Waals surface area contributed by atoms with Crippen molar-refractivity contribution >= 4 is 11.7 Å². The van der Waals surface area contributed by atoms with Gasteiger partial charge in [-0.25, -0.2) is 9.48 Å². The second-order valence-corrected chi connectivity index (χ2v) is 11.1. The summed E-state index contributed by atoms with van der Waals surface area (Å²) in [6.07, 6.45) is 0.862. The number of urea groups is 1. The van der Waals surface area contributed by atoms with Crippen molar-refractivity contribution in [2.45, 2.75) is 53.6 Å². The lowest BCUT2D eigenvalue weighted by Crippen LogP contribution is -2.33. The molecule has 1 unspecified atom stereocenters. The molecule has 0 saturated carbocycles. The highest BCUT2D eigenvalue weighted by atomic mass is 16.5. The van der Waals surface area contributed by atoms with Gasteiger partial charge >= 0.3 is 6.03 Å². The van der Waals surface area contributed by atoms with Gasteiger partial charge in [0.15, 0.2) is 0 Å². The molecule has 208 valence electrons. The van der Waals surface area contributed by atoms with Gasteiger partial charge in [0.1, 0.15) is 11.4 Å². The lowest BCUT2D eigenvalue weighted by atomic mass is 9.96. The number of aromatic nitrogens is 2. The van der Waals surface area contributed by atoms with Crippen LogP contribution in [0.1, 0.15) is 54.8 Å². The second kappa shape index (κ2) is 11.6. The van der Waals surface area contributed by atoms with Crippen molar-refractivity contribution in [1.82, 2.24) is 14.7 Å². The van der Waals surface area contributed by atoms with Crippen molar-refractivity contribution in [2.75, 3.05) is 18.5 Å². The minimum Gasteiger partial charge on any atom is -0.491 e. The molecule has 1 aliphatic rings. The van der Waals surface area contributed by atoms with Crippen LogP contribution in [-0.2, 0) is 13.0 Å². The van der Waals surface area contributed by atoms with Gasteiger partial charge in [-0.2, -0.15) is 5.10 Å². The number of carbonyl (C=O) groups is 1. The number of rotatable bonds is 8. The van der Waals surface area contributed by atoms with E-state index in [1.807, 2.05) is 36.4 Å². The van der Waals surface area contributed by atoms with E-state index < -0.39 is 6.03 Å². The molecule has 1 aromatic heterocycles. The van der Waals surface area contributed by atoms with Crippen molar-refractivity contribution in [2.24, 2.45) is 11.7 Å². The standard InChI is InChI=1S/C33H39N5O2/c1-21(2)20-40-30-12-8-10-23(4)31(30)38-32(25-13-15-26(16-14-25)35-33(34)39)28-19-37(18-17-29(28)36-38)24(5)27-11-7-6-9-22(27)3/h6-16,21,24H,17-20H2,1-5H3,(H3,34,35,39). The number of fused-ring (bicyclic) bond motifs is 1. The summed E-state index contributed by atoms with van der Waals surface area (Å²) in [7, 11) is 0. The van der Waals surface area contributed by atoms with E-state index in [2.05, 4.69) is 79.8 Å². The quantitative estimate of drug-likeness (QED) is 0.259. The highest BCUT2D eigenvalue weighted by Crippen LogP contribution is 2.39. The molecule has 1 atom stereocenters. The number of nitrogens with two attached hydrogens (primary N) is 1. The van der Waals surface area contributed by atoms with Crippen molar-refractivity contribution in [1.29, 1.82) is 0 Å². The van der Waals surface area contributed by atoms with E-state index in [1.54, 1.807) is 0 Å². The van der Waals surface area contributed by atoms with Crippen molar-refractivity contribution in [3.63, 3.8) is 0 Å². The van der Waals surface area contributed by atoms with E-state index in [0.717, 1.165) is 53.5 Å². The number of benzene rings is 3. The number of aryl methyl sites for hydroxylation is 2. The molecule has 40 heavy (non-hydrogen) atoms. The number of amides is 2. The molecule has 3 aromatic carbocycles. The summed E-state index contributed by atoms with van der Waals surface area (Å²) in [5, 5.41) is 7.89. The molecule has 4 aromatic rings. The first-order valence-corrected chi connectivity index (χ1v) is 14.0. The Balaban J connectivity index is 1.62. The fraction of sp³-hybridized carbons (Fsp3) is 0.333. The lowest BCUT2D eigenvalue weighted by molar-refractivity contribution is 0.191. The van der Waals surface area contributed by atoms with Crippen LogP contribution < -0.4 is 15.8 Å².